The van der Waals surface area contributed by atoms with Gasteiger partial charge in [0.2, 0.25) is 25.3 Å². The summed E-state index contributed by atoms with van der Waals surface area (Å²) in [5.41, 5.74) is 6.10. The van der Waals surface area contributed by atoms with Crippen LogP contribution < -0.4 is 18.3 Å². The molecule has 0 atom stereocenters. The molecule has 0 bridgehead atoms. The summed E-state index contributed by atoms with van der Waals surface area (Å²) in [7, 11) is 0. The first-order valence-corrected chi connectivity index (χ1v) is 22.8. The molecule has 0 saturated heterocycles. The molecule has 19 heteroatoms. The van der Waals surface area contributed by atoms with Crippen LogP contribution in [-0.4, -0.2) is 99.2 Å². The van der Waals surface area contributed by atoms with Gasteiger partial charge in [-0.15, -0.1) is 0 Å². The highest BCUT2D eigenvalue weighted by Crippen LogP contribution is 2.05. The zero-order valence-electron chi connectivity index (χ0n) is 38.4. The van der Waals surface area contributed by atoms with E-state index in [1.54, 1.807) is 25.0 Å². The van der Waals surface area contributed by atoms with Crippen molar-refractivity contribution in [3.63, 3.8) is 0 Å². The lowest BCUT2D eigenvalue weighted by molar-refractivity contribution is -0.690. The molecule has 0 aromatic carbocycles. The van der Waals surface area contributed by atoms with E-state index in [-0.39, 0.29) is 26.4 Å². The maximum atomic E-state index is 8.97. The number of aryl methyl sites for hydroxylation is 2. The molecule has 9 heterocycles. The Morgan fingerprint density at radius 3 is 1.00 bits per heavy atom. The first-order valence-electron chi connectivity index (χ1n) is 22.8. The molecule has 0 fully saturated rings. The first-order chi connectivity index (χ1) is 33.4. The average Bonchev–Trinajstić information content (AvgIpc) is 4.22. The van der Waals surface area contributed by atoms with E-state index in [2.05, 4.69) is 33.2 Å². The van der Waals surface area contributed by atoms with Crippen LogP contribution >= 0.6 is 0 Å². The molecule has 9 rings (SSSR count). The molecular formula is C49H63N15O4+4. The minimum absolute atomic E-state index is 0.134. The van der Waals surface area contributed by atoms with Crippen LogP contribution in [0.2, 0.25) is 0 Å². The van der Waals surface area contributed by atoms with Crippen molar-refractivity contribution in [2.24, 2.45) is 0 Å². The van der Waals surface area contributed by atoms with Crippen LogP contribution in [0.25, 0.3) is 0 Å². The normalized spacial score (nSPS) is 11.0. The molecular weight excluding hydrogens is 863 g/mol. The molecule has 9 aromatic heterocycles. The highest BCUT2D eigenvalue weighted by Gasteiger charge is 2.11. The minimum atomic E-state index is 0.134. The molecule has 0 aliphatic heterocycles. The third kappa shape index (κ3) is 15.9. The fourth-order valence-corrected chi connectivity index (χ4v) is 7.39. The van der Waals surface area contributed by atoms with Crippen molar-refractivity contribution in [2.75, 3.05) is 26.4 Å². The Balaban J connectivity index is 0.000000153. The topological polar surface area (TPSA) is 190 Å². The lowest BCUT2D eigenvalue weighted by Crippen LogP contribution is -2.34. The van der Waals surface area contributed by atoms with Crippen LogP contribution in [0.3, 0.4) is 0 Å². The Kier molecular flexibility index (Phi) is 18.6. The number of aromatic nitrogens is 15. The van der Waals surface area contributed by atoms with Gasteiger partial charge in [-0.05, 0) is 36.4 Å². The number of pyridine rings is 3. The first kappa shape index (κ1) is 48.5. The molecule has 0 aliphatic rings. The second kappa shape index (κ2) is 26.0. The summed E-state index contributed by atoms with van der Waals surface area (Å²) in [5, 5.41) is 35.8. The molecule has 354 valence electrons. The van der Waals surface area contributed by atoms with Gasteiger partial charge in [-0.25, -0.2) is 56.5 Å². The Morgan fingerprint density at radius 2 is 0.691 bits per heavy atom. The van der Waals surface area contributed by atoms with Gasteiger partial charge >= 0.3 is 0 Å². The molecule has 0 radical (unpaired) electrons. The molecule has 0 amide bonds. The fraction of sp³-hybridized carbons (Fsp3) is 0.327. The molecule has 0 spiro atoms. The molecule has 0 aliphatic carbocycles. The quantitative estimate of drug-likeness (QED) is 0.0720. The van der Waals surface area contributed by atoms with E-state index in [9.17, 15) is 0 Å². The van der Waals surface area contributed by atoms with E-state index in [4.69, 9.17) is 30.4 Å². The Morgan fingerprint density at radius 1 is 0.368 bits per heavy atom. The smallest absolute Gasteiger partial charge is 0.244 e. The lowest BCUT2D eigenvalue weighted by Gasteiger charge is -2.05. The molecule has 19 nitrogen and oxygen atoms in total. The summed E-state index contributed by atoms with van der Waals surface area (Å²) < 4.78 is 20.3. The monoisotopic (exact) mass is 926 g/mol. The molecule has 68 heavy (non-hydrogen) atoms. The summed E-state index contributed by atoms with van der Waals surface area (Å²) in [6.45, 7) is 7.86. The summed E-state index contributed by atoms with van der Waals surface area (Å²) in [6, 6.07) is 18.3. The van der Waals surface area contributed by atoms with E-state index in [0.29, 0.717) is 26.2 Å². The number of aliphatic hydroxyl groups excluding tert-OH is 4. The molecule has 0 unspecified atom stereocenters. The number of hydrogen-bond acceptors (Lipinski definition) is 9. The van der Waals surface area contributed by atoms with Gasteiger partial charge < -0.3 is 29.6 Å². The van der Waals surface area contributed by atoms with Crippen molar-refractivity contribution in [2.45, 2.75) is 78.3 Å². The van der Waals surface area contributed by atoms with Gasteiger partial charge in [0.15, 0.2) is 0 Å². The van der Waals surface area contributed by atoms with E-state index in [1.165, 1.54) is 0 Å². The van der Waals surface area contributed by atoms with Crippen LogP contribution in [0.5, 0.6) is 0 Å². The van der Waals surface area contributed by atoms with E-state index < -0.39 is 0 Å². The predicted octanol–water partition coefficient (Wildman–Crippen LogP) is 1.03. The molecule has 4 N–H and O–H groups in total. The van der Waals surface area contributed by atoms with Crippen molar-refractivity contribution in [1.29, 1.82) is 0 Å². The maximum Gasteiger partial charge on any atom is 0.244 e. The SMILES string of the molecule is OCCCn1cc[n+](Cc2cccc(C[n+]3ccn(CCCO)c3)n2)c1.OCCn1cc[n+](Cc2cccc(C[n+]3ccn(CCO)c3)n2)c1.c1cc(Cn2ccnc2)nc(Cn2ccnc2)c1. The zero-order chi connectivity index (χ0) is 47.2. The van der Waals surface area contributed by atoms with Gasteiger partial charge in [-0.1, -0.05) is 18.2 Å². The summed E-state index contributed by atoms with van der Waals surface area (Å²) in [6.07, 6.45) is 36.5. The largest absolute Gasteiger partial charge is 0.396 e. The third-order valence-electron chi connectivity index (χ3n) is 10.6. The van der Waals surface area contributed by atoms with Gasteiger partial charge in [0, 0.05) is 50.8 Å². The van der Waals surface area contributed by atoms with Crippen molar-refractivity contribution in [3.05, 3.63) is 201 Å². The number of hydrogen-bond donors (Lipinski definition) is 4. The van der Waals surface area contributed by atoms with Crippen LogP contribution in [-0.2, 0) is 65.4 Å². The Bertz CT molecular complexity index is 2620. The van der Waals surface area contributed by atoms with Gasteiger partial charge in [-0.3, -0.25) is 4.98 Å². The second-order valence-electron chi connectivity index (χ2n) is 16.2. The van der Waals surface area contributed by atoms with Crippen molar-refractivity contribution in [1.82, 2.24) is 52.3 Å². The van der Waals surface area contributed by atoms with Crippen molar-refractivity contribution >= 4 is 0 Å². The number of rotatable bonds is 22. The third-order valence-corrected chi connectivity index (χ3v) is 10.6. The van der Waals surface area contributed by atoms with E-state index >= 15 is 0 Å². The Hall–Kier alpha value is -7.45. The van der Waals surface area contributed by atoms with E-state index in [0.717, 1.165) is 86.3 Å². The number of nitrogens with zero attached hydrogens (tertiary/aromatic N) is 15. The number of aliphatic hydroxyl groups is 4. The minimum Gasteiger partial charge on any atom is -0.396 e. The van der Waals surface area contributed by atoms with Crippen LogP contribution in [0, 0.1) is 0 Å². The summed E-state index contributed by atoms with van der Waals surface area (Å²) in [4.78, 5) is 22.2. The summed E-state index contributed by atoms with van der Waals surface area (Å²) >= 11 is 0. The highest BCUT2D eigenvalue weighted by molar-refractivity contribution is 5.13. The van der Waals surface area contributed by atoms with Crippen LogP contribution in [0.4, 0.5) is 0 Å². The van der Waals surface area contributed by atoms with Crippen molar-refractivity contribution < 1.29 is 38.7 Å². The predicted molar refractivity (Wildman–Crippen MR) is 248 cm³/mol. The molecule has 9 aromatic rings. The summed E-state index contributed by atoms with van der Waals surface area (Å²) in [5.74, 6) is 0. The second-order valence-corrected chi connectivity index (χ2v) is 16.2. The van der Waals surface area contributed by atoms with Gasteiger partial charge in [0.25, 0.3) is 0 Å². The van der Waals surface area contributed by atoms with Gasteiger partial charge in [0.05, 0.1) is 86.2 Å². The highest BCUT2D eigenvalue weighted by atomic mass is 16.3. The lowest BCUT2D eigenvalue weighted by atomic mass is 10.3. The fourth-order valence-electron chi connectivity index (χ4n) is 7.39. The van der Waals surface area contributed by atoms with Crippen LogP contribution in [0.15, 0.2) is 167 Å². The molecule has 0 saturated carbocycles. The van der Waals surface area contributed by atoms with Gasteiger partial charge in [0.1, 0.15) is 88.8 Å². The standard InChI is InChI=1S/C19H27N5O2.C17H23N5O2.C13H13N5/c25-12-2-6-21-8-10-23(16-21)14-18-4-1-5-19(20-18)15-24-11-9-22(17-24)7-3-13-26;23-10-8-19-4-6-21(14-19)12-16-2-1-3-17(18-16)13-22-7-5-20(15-22)9-11-24;1-2-12(8-17-6-4-14-10-17)16-13(3-1)9-18-7-5-15-11-18/h1,4-5,8-11,16-17,25-26H,2-3,6-7,12-15H2;1-7,14-15,23-24H,8-13H2;1-7,10-11H,8-9H2/q2*+2;. The van der Waals surface area contributed by atoms with E-state index in [1.807, 2.05) is 169 Å². The van der Waals surface area contributed by atoms with Crippen molar-refractivity contribution in [3.8, 4) is 0 Å². The maximum absolute atomic E-state index is 8.97. The zero-order valence-corrected chi connectivity index (χ0v) is 38.4. The van der Waals surface area contributed by atoms with Crippen LogP contribution in [0.1, 0.15) is 47.0 Å². The number of imidazole rings is 6. The average molecular weight is 926 g/mol. The Labute approximate surface area is 395 Å². The van der Waals surface area contributed by atoms with Gasteiger partial charge in [-0.2, -0.15) is 0 Å².